The van der Waals surface area contributed by atoms with E-state index >= 15 is 0 Å². The Morgan fingerprint density at radius 1 is 1.62 bits per heavy atom. The molecule has 1 rings (SSSR count). The zero-order valence-corrected chi connectivity index (χ0v) is 11.3. The summed E-state index contributed by atoms with van der Waals surface area (Å²) in [4.78, 5) is 2.27. The van der Waals surface area contributed by atoms with Crippen LogP contribution in [-0.4, -0.2) is 73.6 Å². The van der Waals surface area contributed by atoms with Crippen LogP contribution in [0.3, 0.4) is 0 Å². The molecule has 0 aliphatic carbocycles. The fourth-order valence-corrected chi connectivity index (χ4v) is 2.58. The number of nitrogens with zero attached hydrogens (tertiary/aromatic N) is 1. The van der Waals surface area contributed by atoms with Gasteiger partial charge in [-0.15, -0.1) is 0 Å². The third kappa shape index (κ3) is 5.50. The van der Waals surface area contributed by atoms with E-state index in [4.69, 9.17) is 4.74 Å². The number of morpholine rings is 1. The van der Waals surface area contributed by atoms with Crippen LogP contribution >= 0.6 is 11.8 Å². The Labute approximate surface area is 103 Å². The Morgan fingerprint density at radius 3 is 3.00 bits per heavy atom. The summed E-state index contributed by atoms with van der Waals surface area (Å²) < 4.78 is 5.63. The van der Waals surface area contributed by atoms with Crippen molar-refractivity contribution in [1.82, 2.24) is 10.2 Å². The highest BCUT2D eigenvalue weighted by Gasteiger charge is 2.21. The van der Waals surface area contributed by atoms with Gasteiger partial charge in [0.1, 0.15) is 0 Å². The molecule has 0 bridgehead atoms. The minimum absolute atomic E-state index is 0.254. The maximum atomic E-state index is 9.96. The lowest BCUT2D eigenvalue weighted by Crippen LogP contribution is -2.48. The molecule has 2 unspecified atom stereocenters. The molecule has 4 nitrogen and oxygen atoms in total. The van der Waals surface area contributed by atoms with E-state index in [0.717, 1.165) is 32.0 Å². The second-order valence-electron chi connectivity index (χ2n) is 4.82. The molecule has 5 heteroatoms. The number of likely N-dealkylation sites (N-methyl/N-ethyl adjacent to an activating group) is 1. The van der Waals surface area contributed by atoms with Crippen molar-refractivity contribution in [2.75, 3.05) is 51.8 Å². The maximum absolute atomic E-state index is 9.96. The summed E-state index contributed by atoms with van der Waals surface area (Å²) >= 11 is 1.67. The predicted octanol–water partition coefficient (Wildman–Crippen LogP) is 0.0206. The summed E-state index contributed by atoms with van der Waals surface area (Å²) in [7, 11) is 2.11. The quantitative estimate of drug-likeness (QED) is 0.694. The fourth-order valence-electron chi connectivity index (χ4n) is 1.85. The average Bonchev–Trinajstić information content (AvgIpc) is 2.17. The SMILES string of the molecule is CSCC(C)(O)CNCC1CN(C)CCO1. The lowest BCUT2D eigenvalue weighted by Gasteiger charge is -2.31. The van der Waals surface area contributed by atoms with Crippen molar-refractivity contribution in [2.45, 2.75) is 18.6 Å². The first kappa shape index (κ1) is 14.3. The van der Waals surface area contributed by atoms with Crippen LogP contribution in [0.5, 0.6) is 0 Å². The number of hydrogen-bond acceptors (Lipinski definition) is 5. The summed E-state index contributed by atoms with van der Waals surface area (Å²) in [5, 5.41) is 13.2. The lowest BCUT2D eigenvalue weighted by molar-refractivity contribution is -0.0207. The van der Waals surface area contributed by atoms with Gasteiger partial charge < -0.3 is 20.1 Å². The van der Waals surface area contributed by atoms with E-state index in [2.05, 4.69) is 17.3 Å². The molecule has 0 aromatic rings. The monoisotopic (exact) mass is 248 g/mol. The molecule has 0 saturated carbocycles. The van der Waals surface area contributed by atoms with Gasteiger partial charge >= 0.3 is 0 Å². The second-order valence-corrected chi connectivity index (χ2v) is 5.68. The van der Waals surface area contributed by atoms with Gasteiger partial charge in [-0.3, -0.25) is 0 Å². The van der Waals surface area contributed by atoms with E-state index in [1.807, 2.05) is 13.2 Å². The van der Waals surface area contributed by atoms with Crippen LogP contribution in [0.2, 0.25) is 0 Å². The van der Waals surface area contributed by atoms with Gasteiger partial charge in [-0.05, 0) is 20.2 Å². The highest BCUT2D eigenvalue weighted by molar-refractivity contribution is 7.98. The van der Waals surface area contributed by atoms with Gasteiger partial charge in [-0.1, -0.05) is 0 Å². The van der Waals surface area contributed by atoms with E-state index in [9.17, 15) is 5.11 Å². The van der Waals surface area contributed by atoms with Gasteiger partial charge in [0.15, 0.2) is 0 Å². The van der Waals surface area contributed by atoms with Crippen molar-refractivity contribution in [2.24, 2.45) is 0 Å². The van der Waals surface area contributed by atoms with E-state index < -0.39 is 5.60 Å². The third-order valence-corrected chi connectivity index (χ3v) is 3.59. The Hall–Kier alpha value is 0.190. The summed E-state index contributed by atoms with van der Waals surface area (Å²) in [6.45, 7) is 6.10. The third-order valence-electron chi connectivity index (χ3n) is 2.67. The highest BCUT2D eigenvalue weighted by Crippen LogP contribution is 2.09. The van der Waals surface area contributed by atoms with Crippen molar-refractivity contribution in [3.63, 3.8) is 0 Å². The van der Waals surface area contributed by atoms with Gasteiger partial charge in [0, 0.05) is 31.9 Å². The number of ether oxygens (including phenoxy) is 1. The first-order valence-electron chi connectivity index (χ1n) is 5.76. The summed E-state index contributed by atoms with van der Waals surface area (Å²) in [6, 6.07) is 0. The Balaban J connectivity index is 2.14. The zero-order valence-electron chi connectivity index (χ0n) is 10.5. The van der Waals surface area contributed by atoms with Crippen LogP contribution in [0, 0.1) is 0 Å². The molecule has 2 N–H and O–H groups in total. The summed E-state index contributed by atoms with van der Waals surface area (Å²) in [5.41, 5.74) is -0.625. The minimum Gasteiger partial charge on any atom is -0.388 e. The minimum atomic E-state index is -0.625. The molecule has 96 valence electrons. The maximum Gasteiger partial charge on any atom is 0.0833 e. The first-order valence-corrected chi connectivity index (χ1v) is 7.15. The summed E-state index contributed by atoms with van der Waals surface area (Å²) in [5.74, 6) is 0.755. The number of hydrogen-bond donors (Lipinski definition) is 2. The molecule has 0 radical (unpaired) electrons. The van der Waals surface area contributed by atoms with Gasteiger partial charge in [0.25, 0.3) is 0 Å². The molecule has 16 heavy (non-hydrogen) atoms. The molecular formula is C11H24N2O2S. The normalized spacial score (nSPS) is 26.6. The molecule has 1 heterocycles. The molecule has 1 saturated heterocycles. The molecule has 0 aromatic carbocycles. The Morgan fingerprint density at radius 2 is 2.38 bits per heavy atom. The number of thioether (sulfide) groups is 1. The highest BCUT2D eigenvalue weighted by atomic mass is 32.2. The van der Waals surface area contributed by atoms with Crippen molar-refractivity contribution in [3.05, 3.63) is 0 Å². The molecule has 0 aromatic heterocycles. The van der Waals surface area contributed by atoms with Crippen LogP contribution in [0.25, 0.3) is 0 Å². The molecular weight excluding hydrogens is 224 g/mol. The second kappa shape index (κ2) is 6.81. The average molecular weight is 248 g/mol. The molecule has 2 atom stereocenters. The molecule has 1 fully saturated rings. The smallest absolute Gasteiger partial charge is 0.0833 e. The van der Waals surface area contributed by atoms with Crippen LogP contribution in [0.1, 0.15) is 6.92 Å². The standard InChI is InChI=1S/C11H24N2O2S/c1-11(14,9-16-3)8-12-6-10-7-13(2)4-5-15-10/h10,12,14H,4-9H2,1-3H3. The van der Waals surface area contributed by atoms with E-state index in [1.54, 1.807) is 11.8 Å². The van der Waals surface area contributed by atoms with E-state index in [-0.39, 0.29) is 6.10 Å². The van der Waals surface area contributed by atoms with Gasteiger partial charge in [0.2, 0.25) is 0 Å². The van der Waals surface area contributed by atoms with E-state index in [0.29, 0.717) is 6.54 Å². The molecule has 1 aliphatic rings. The zero-order chi connectivity index (χ0) is 12.0. The van der Waals surface area contributed by atoms with Crippen molar-refractivity contribution >= 4 is 11.8 Å². The van der Waals surface area contributed by atoms with Crippen molar-refractivity contribution in [3.8, 4) is 0 Å². The van der Waals surface area contributed by atoms with Gasteiger partial charge in [-0.2, -0.15) is 11.8 Å². The lowest BCUT2D eigenvalue weighted by atomic mass is 10.1. The Kier molecular flexibility index (Phi) is 6.07. The van der Waals surface area contributed by atoms with Crippen LogP contribution in [0.4, 0.5) is 0 Å². The fraction of sp³-hybridized carbons (Fsp3) is 1.00. The van der Waals surface area contributed by atoms with Crippen LogP contribution in [0.15, 0.2) is 0 Å². The number of aliphatic hydroxyl groups is 1. The van der Waals surface area contributed by atoms with Crippen LogP contribution in [-0.2, 0) is 4.74 Å². The number of nitrogens with one attached hydrogen (secondary N) is 1. The molecule has 0 spiro atoms. The largest absolute Gasteiger partial charge is 0.388 e. The molecule has 1 aliphatic heterocycles. The van der Waals surface area contributed by atoms with Gasteiger partial charge in [-0.25, -0.2) is 0 Å². The van der Waals surface area contributed by atoms with Crippen molar-refractivity contribution < 1.29 is 9.84 Å². The molecule has 0 amide bonds. The first-order chi connectivity index (χ1) is 7.53. The van der Waals surface area contributed by atoms with E-state index in [1.165, 1.54) is 0 Å². The summed E-state index contributed by atoms with van der Waals surface area (Å²) in [6.07, 6.45) is 2.26. The van der Waals surface area contributed by atoms with Crippen molar-refractivity contribution in [1.29, 1.82) is 0 Å². The van der Waals surface area contributed by atoms with Crippen LogP contribution < -0.4 is 5.32 Å². The van der Waals surface area contributed by atoms with Gasteiger partial charge in [0.05, 0.1) is 18.3 Å². The predicted molar refractivity (Wildman–Crippen MR) is 69.1 cm³/mol. The topological polar surface area (TPSA) is 44.7 Å². The number of rotatable bonds is 6. The Bertz CT molecular complexity index is 202.